The minimum absolute atomic E-state index is 0.0283. The van der Waals surface area contributed by atoms with Gasteiger partial charge in [0.05, 0.1) is 23.7 Å². The van der Waals surface area contributed by atoms with Crippen LogP contribution in [-0.2, 0) is 22.7 Å². The molecule has 7 nitrogen and oxygen atoms in total. The number of amides is 2. The summed E-state index contributed by atoms with van der Waals surface area (Å²) in [5, 5.41) is 6.37. The van der Waals surface area contributed by atoms with Crippen molar-refractivity contribution in [2.75, 3.05) is 23.4 Å². The number of fused-ring (bicyclic) bond motifs is 1. The molecule has 1 fully saturated rings. The van der Waals surface area contributed by atoms with Gasteiger partial charge in [0, 0.05) is 16.5 Å². The second-order valence-electron chi connectivity index (χ2n) is 8.67. The van der Waals surface area contributed by atoms with Crippen LogP contribution in [0.2, 0.25) is 0 Å². The highest BCUT2D eigenvalue weighted by molar-refractivity contribution is 7.91. The molecular weight excluding hydrogens is 460 g/mol. The Morgan fingerprint density at radius 3 is 2.58 bits per heavy atom. The molecule has 0 spiro atoms. The molecule has 1 aromatic heterocycles. The SMILES string of the molecule is CCCCOc1ccc(C(=O)Nc2sc3c(c2C(=O)N[C@@H]2CCS(=O)(=O)C2)CCCC3)cc1. The zero-order chi connectivity index (χ0) is 23.4. The van der Waals surface area contributed by atoms with E-state index in [1.165, 1.54) is 11.3 Å². The molecule has 2 heterocycles. The van der Waals surface area contributed by atoms with Crippen LogP contribution in [0.25, 0.3) is 0 Å². The number of hydrogen-bond donors (Lipinski definition) is 2. The maximum atomic E-state index is 13.2. The lowest BCUT2D eigenvalue weighted by Gasteiger charge is -2.15. The molecule has 1 aromatic carbocycles. The van der Waals surface area contributed by atoms with Crippen molar-refractivity contribution in [2.24, 2.45) is 0 Å². The lowest BCUT2D eigenvalue weighted by atomic mass is 9.95. The number of carbonyl (C=O) groups excluding carboxylic acids is 2. The van der Waals surface area contributed by atoms with Crippen molar-refractivity contribution in [3.8, 4) is 5.75 Å². The molecule has 178 valence electrons. The first-order valence-electron chi connectivity index (χ1n) is 11.6. The molecule has 4 rings (SSSR count). The summed E-state index contributed by atoms with van der Waals surface area (Å²) in [4.78, 5) is 27.3. The van der Waals surface area contributed by atoms with E-state index in [1.807, 2.05) is 0 Å². The zero-order valence-electron chi connectivity index (χ0n) is 18.8. The number of aryl methyl sites for hydroxylation is 1. The van der Waals surface area contributed by atoms with Crippen LogP contribution in [0.4, 0.5) is 5.00 Å². The number of thiophene rings is 1. The Bertz CT molecular complexity index is 1120. The van der Waals surface area contributed by atoms with Gasteiger partial charge < -0.3 is 15.4 Å². The fourth-order valence-corrected chi connectivity index (χ4v) is 7.23. The number of nitrogens with one attached hydrogen (secondary N) is 2. The summed E-state index contributed by atoms with van der Waals surface area (Å²) in [6.07, 6.45) is 6.18. The van der Waals surface area contributed by atoms with Crippen LogP contribution >= 0.6 is 11.3 Å². The van der Waals surface area contributed by atoms with E-state index in [-0.39, 0.29) is 29.4 Å². The fourth-order valence-electron chi connectivity index (χ4n) is 4.27. The number of carbonyl (C=O) groups is 2. The Balaban J connectivity index is 1.50. The highest BCUT2D eigenvalue weighted by Crippen LogP contribution is 2.38. The van der Waals surface area contributed by atoms with Gasteiger partial charge in [0.2, 0.25) is 0 Å². The monoisotopic (exact) mass is 490 g/mol. The summed E-state index contributed by atoms with van der Waals surface area (Å²) >= 11 is 1.45. The molecule has 2 aliphatic rings. The smallest absolute Gasteiger partial charge is 0.256 e. The van der Waals surface area contributed by atoms with E-state index in [9.17, 15) is 18.0 Å². The van der Waals surface area contributed by atoms with Gasteiger partial charge in [-0.15, -0.1) is 11.3 Å². The molecule has 33 heavy (non-hydrogen) atoms. The molecule has 9 heteroatoms. The van der Waals surface area contributed by atoms with Crippen LogP contribution in [0.5, 0.6) is 5.75 Å². The summed E-state index contributed by atoms with van der Waals surface area (Å²) in [5.41, 5.74) is 1.96. The predicted molar refractivity (Wildman–Crippen MR) is 130 cm³/mol. The molecule has 2 N–H and O–H groups in total. The van der Waals surface area contributed by atoms with Crippen molar-refractivity contribution in [1.29, 1.82) is 0 Å². The minimum Gasteiger partial charge on any atom is -0.494 e. The third kappa shape index (κ3) is 5.76. The quantitative estimate of drug-likeness (QED) is 0.545. The number of sulfone groups is 1. The van der Waals surface area contributed by atoms with Gasteiger partial charge >= 0.3 is 0 Å². The molecular formula is C24H30N2O5S2. The van der Waals surface area contributed by atoms with E-state index in [0.717, 1.165) is 54.7 Å². The van der Waals surface area contributed by atoms with Crippen LogP contribution < -0.4 is 15.4 Å². The second kappa shape index (κ2) is 10.3. The largest absolute Gasteiger partial charge is 0.494 e. The molecule has 1 aliphatic carbocycles. The average molecular weight is 491 g/mol. The van der Waals surface area contributed by atoms with Crippen molar-refractivity contribution in [2.45, 2.75) is 57.9 Å². The van der Waals surface area contributed by atoms with E-state index in [0.29, 0.717) is 29.2 Å². The molecule has 2 amide bonds. The number of anilines is 1. The molecule has 1 atom stereocenters. The number of ether oxygens (including phenoxy) is 1. The maximum Gasteiger partial charge on any atom is 0.256 e. The fraction of sp³-hybridized carbons (Fsp3) is 0.500. The van der Waals surface area contributed by atoms with E-state index >= 15 is 0 Å². The Morgan fingerprint density at radius 2 is 1.88 bits per heavy atom. The first-order chi connectivity index (χ1) is 15.9. The molecule has 0 saturated carbocycles. The van der Waals surface area contributed by atoms with Crippen LogP contribution in [0, 0.1) is 0 Å². The molecule has 0 unspecified atom stereocenters. The third-order valence-corrected chi connectivity index (χ3v) is 9.05. The van der Waals surface area contributed by atoms with Crippen molar-refractivity contribution in [3.05, 3.63) is 45.8 Å². The molecule has 2 aromatic rings. The summed E-state index contributed by atoms with van der Waals surface area (Å²) in [6.45, 7) is 2.74. The Morgan fingerprint density at radius 1 is 1.12 bits per heavy atom. The van der Waals surface area contributed by atoms with Crippen LogP contribution in [0.15, 0.2) is 24.3 Å². The third-order valence-electron chi connectivity index (χ3n) is 6.08. The van der Waals surface area contributed by atoms with Crippen LogP contribution in [-0.4, -0.2) is 44.4 Å². The molecule has 0 bridgehead atoms. The summed E-state index contributed by atoms with van der Waals surface area (Å²) in [7, 11) is -3.10. The molecule has 1 aliphatic heterocycles. The molecule has 1 saturated heterocycles. The van der Waals surface area contributed by atoms with Gasteiger partial charge in [0.15, 0.2) is 9.84 Å². The summed E-state index contributed by atoms with van der Waals surface area (Å²) in [5.74, 6) is 0.205. The van der Waals surface area contributed by atoms with Crippen LogP contribution in [0.1, 0.15) is 70.2 Å². The summed E-state index contributed by atoms with van der Waals surface area (Å²) in [6, 6.07) is 6.60. The van der Waals surface area contributed by atoms with Crippen molar-refractivity contribution < 1.29 is 22.7 Å². The first kappa shape index (κ1) is 23.8. The number of hydrogen-bond acceptors (Lipinski definition) is 6. The Labute approximate surface area is 198 Å². The van der Waals surface area contributed by atoms with E-state index in [4.69, 9.17) is 4.74 Å². The Hall–Kier alpha value is -2.39. The van der Waals surface area contributed by atoms with E-state index in [2.05, 4.69) is 17.6 Å². The van der Waals surface area contributed by atoms with Crippen molar-refractivity contribution in [1.82, 2.24) is 5.32 Å². The lowest BCUT2D eigenvalue weighted by Crippen LogP contribution is -2.36. The lowest BCUT2D eigenvalue weighted by molar-refractivity contribution is 0.0941. The van der Waals surface area contributed by atoms with E-state index < -0.39 is 9.84 Å². The average Bonchev–Trinajstić information content (AvgIpc) is 3.32. The number of rotatable bonds is 8. The van der Waals surface area contributed by atoms with E-state index in [1.54, 1.807) is 24.3 Å². The second-order valence-corrected chi connectivity index (χ2v) is 12.0. The van der Waals surface area contributed by atoms with Gasteiger partial charge in [0.1, 0.15) is 10.8 Å². The zero-order valence-corrected chi connectivity index (χ0v) is 20.4. The number of unbranched alkanes of at least 4 members (excludes halogenated alkanes) is 1. The highest BCUT2D eigenvalue weighted by Gasteiger charge is 2.32. The van der Waals surface area contributed by atoms with Crippen molar-refractivity contribution in [3.63, 3.8) is 0 Å². The predicted octanol–water partition coefficient (Wildman–Crippen LogP) is 3.98. The summed E-state index contributed by atoms with van der Waals surface area (Å²) < 4.78 is 29.2. The van der Waals surface area contributed by atoms with Gasteiger partial charge in [-0.3, -0.25) is 9.59 Å². The first-order valence-corrected chi connectivity index (χ1v) is 14.2. The number of benzene rings is 1. The van der Waals surface area contributed by atoms with Gasteiger partial charge in [-0.2, -0.15) is 0 Å². The van der Waals surface area contributed by atoms with Gasteiger partial charge in [-0.25, -0.2) is 8.42 Å². The molecule has 0 radical (unpaired) electrons. The Kier molecular flexibility index (Phi) is 7.38. The highest BCUT2D eigenvalue weighted by atomic mass is 32.2. The normalized spacial score (nSPS) is 19.0. The minimum atomic E-state index is -3.10. The maximum absolute atomic E-state index is 13.2. The van der Waals surface area contributed by atoms with Crippen LogP contribution in [0.3, 0.4) is 0 Å². The topological polar surface area (TPSA) is 102 Å². The van der Waals surface area contributed by atoms with Gasteiger partial charge in [0.25, 0.3) is 11.8 Å². The van der Waals surface area contributed by atoms with Crippen molar-refractivity contribution >= 4 is 38.0 Å². The van der Waals surface area contributed by atoms with Gasteiger partial charge in [-0.05, 0) is 68.4 Å². The van der Waals surface area contributed by atoms with Gasteiger partial charge in [-0.1, -0.05) is 13.3 Å². The standard InChI is InChI=1S/C24H30N2O5S2/c1-2-3-13-31-18-10-8-16(9-11-18)22(27)26-24-21(19-6-4-5-7-20(19)32-24)23(28)25-17-12-14-33(29,30)15-17/h8-11,17H,2-7,12-15H2,1H3,(H,25,28)(H,26,27)/t17-/m1/s1.